The zero-order chi connectivity index (χ0) is 19.8. The number of nitrogens with zero attached hydrogens (tertiary/aromatic N) is 2. The summed E-state index contributed by atoms with van der Waals surface area (Å²) in [6.07, 6.45) is 9.59. The normalized spacial score (nSPS) is 17.9. The molecule has 1 aromatic rings. The highest BCUT2D eigenvalue weighted by Gasteiger charge is 2.41. The van der Waals surface area contributed by atoms with Crippen molar-refractivity contribution in [3.05, 3.63) is 28.1 Å². The summed E-state index contributed by atoms with van der Waals surface area (Å²) in [5, 5.41) is 1.96. The van der Waals surface area contributed by atoms with Crippen LogP contribution in [0.2, 0.25) is 0 Å². The molecule has 154 valence electrons. The van der Waals surface area contributed by atoms with Gasteiger partial charge in [-0.2, -0.15) is 0 Å². The van der Waals surface area contributed by atoms with E-state index in [9.17, 15) is 9.59 Å². The van der Waals surface area contributed by atoms with Crippen LogP contribution in [-0.2, 0) is 14.3 Å². The molecule has 0 aliphatic carbocycles. The minimum Gasteiger partial charge on any atom is -0.378 e. The van der Waals surface area contributed by atoms with Gasteiger partial charge in [0.2, 0.25) is 0 Å². The molecule has 5 nitrogen and oxygen atoms in total. The van der Waals surface area contributed by atoms with E-state index in [1.54, 1.807) is 0 Å². The largest absolute Gasteiger partial charge is 0.378 e. The number of unbranched alkanes of at least 4 members (excludes halogenated alkanes) is 7. The maximum Gasteiger partial charge on any atom is 0.277 e. The Balaban J connectivity index is 1.59. The van der Waals surface area contributed by atoms with E-state index in [0.717, 1.165) is 17.7 Å². The first-order valence-corrected chi connectivity index (χ1v) is 11.6. The molecule has 0 atom stereocenters. The molecule has 3 rings (SSSR count). The Labute approximate surface area is 172 Å². The lowest BCUT2D eigenvalue weighted by Gasteiger charge is -2.29. The molecule has 28 heavy (non-hydrogen) atoms. The Bertz CT molecular complexity index is 678. The molecular weight excluding hydrogens is 372 g/mol. The van der Waals surface area contributed by atoms with Gasteiger partial charge in [-0.05, 0) is 17.9 Å². The quantitative estimate of drug-likeness (QED) is 0.408. The topological polar surface area (TPSA) is 49.9 Å². The first kappa shape index (κ1) is 21.1. The molecule has 2 aliphatic heterocycles. The fraction of sp³-hybridized carbons (Fsp3) is 0.636. The molecule has 0 aromatic carbocycles. The van der Waals surface area contributed by atoms with E-state index in [0.29, 0.717) is 44.1 Å². The predicted molar refractivity (Wildman–Crippen MR) is 113 cm³/mol. The summed E-state index contributed by atoms with van der Waals surface area (Å²) in [5.41, 5.74) is 1.16. The maximum absolute atomic E-state index is 13.1. The van der Waals surface area contributed by atoms with E-state index in [4.69, 9.17) is 4.74 Å². The Morgan fingerprint density at radius 1 is 0.964 bits per heavy atom. The molecule has 3 heterocycles. The number of ether oxygens (including phenoxy) is 1. The van der Waals surface area contributed by atoms with Crippen LogP contribution in [0.4, 0.5) is 0 Å². The smallest absolute Gasteiger partial charge is 0.277 e. The molecule has 1 fully saturated rings. The van der Waals surface area contributed by atoms with Crippen molar-refractivity contribution in [3.63, 3.8) is 0 Å². The highest BCUT2D eigenvalue weighted by Crippen LogP contribution is 2.34. The second-order valence-corrected chi connectivity index (χ2v) is 8.48. The van der Waals surface area contributed by atoms with E-state index < -0.39 is 0 Å². The Morgan fingerprint density at radius 3 is 2.29 bits per heavy atom. The number of rotatable bonds is 11. The summed E-state index contributed by atoms with van der Waals surface area (Å²) >= 11 is 1.52. The van der Waals surface area contributed by atoms with Crippen LogP contribution in [0.1, 0.15) is 63.2 Å². The van der Waals surface area contributed by atoms with Gasteiger partial charge in [0.05, 0.1) is 18.8 Å². The number of hydrogen-bond acceptors (Lipinski definition) is 5. The van der Waals surface area contributed by atoms with Crippen molar-refractivity contribution >= 4 is 28.7 Å². The second-order valence-electron chi connectivity index (χ2n) is 7.54. The van der Waals surface area contributed by atoms with Crippen molar-refractivity contribution < 1.29 is 14.3 Å². The molecule has 2 aliphatic rings. The van der Waals surface area contributed by atoms with E-state index >= 15 is 0 Å². The first-order chi connectivity index (χ1) is 13.7. The highest BCUT2D eigenvalue weighted by molar-refractivity contribution is 7.11. The van der Waals surface area contributed by atoms with Crippen molar-refractivity contribution in [1.82, 2.24) is 9.80 Å². The van der Waals surface area contributed by atoms with Crippen molar-refractivity contribution in [2.24, 2.45) is 0 Å². The van der Waals surface area contributed by atoms with Crippen LogP contribution in [0.3, 0.4) is 0 Å². The van der Waals surface area contributed by atoms with Crippen LogP contribution in [0.25, 0.3) is 5.57 Å². The predicted octanol–water partition coefficient (Wildman–Crippen LogP) is 4.30. The molecule has 2 amide bonds. The lowest BCUT2D eigenvalue weighted by atomic mass is 10.1. The average molecular weight is 405 g/mol. The number of carbonyl (C=O) groups excluding carboxylic acids is 2. The summed E-state index contributed by atoms with van der Waals surface area (Å²) in [4.78, 5) is 30.6. The van der Waals surface area contributed by atoms with Gasteiger partial charge in [0.25, 0.3) is 11.8 Å². The molecule has 1 aromatic heterocycles. The maximum atomic E-state index is 13.1. The van der Waals surface area contributed by atoms with Crippen LogP contribution >= 0.6 is 11.3 Å². The summed E-state index contributed by atoms with van der Waals surface area (Å²) in [7, 11) is 0. The van der Waals surface area contributed by atoms with Crippen molar-refractivity contribution in [3.8, 4) is 0 Å². The fourth-order valence-electron chi connectivity index (χ4n) is 3.89. The van der Waals surface area contributed by atoms with Crippen molar-refractivity contribution in [1.29, 1.82) is 0 Å². The number of imide groups is 1. The average Bonchev–Trinajstić information content (AvgIpc) is 3.32. The molecule has 0 saturated carbocycles. The van der Waals surface area contributed by atoms with Gasteiger partial charge < -0.3 is 9.64 Å². The summed E-state index contributed by atoms with van der Waals surface area (Å²) in [5.74, 6) is -0.255. The van der Waals surface area contributed by atoms with E-state index in [1.807, 2.05) is 22.4 Å². The summed E-state index contributed by atoms with van der Waals surface area (Å²) in [6, 6.07) is 3.87. The van der Waals surface area contributed by atoms with E-state index in [1.165, 1.54) is 54.8 Å². The van der Waals surface area contributed by atoms with Crippen LogP contribution in [0.15, 0.2) is 23.2 Å². The number of carbonyl (C=O) groups is 2. The lowest BCUT2D eigenvalue weighted by Crippen LogP contribution is -2.40. The Morgan fingerprint density at radius 2 is 1.64 bits per heavy atom. The van der Waals surface area contributed by atoms with Crippen LogP contribution in [-0.4, -0.2) is 54.5 Å². The molecule has 0 N–H and O–H groups in total. The van der Waals surface area contributed by atoms with Crippen molar-refractivity contribution in [2.75, 3.05) is 32.8 Å². The second kappa shape index (κ2) is 10.8. The zero-order valence-electron chi connectivity index (χ0n) is 17.0. The first-order valence-electron chi connectivity index (χ1n) is 10.7. The molecule has 0 bridgehead atoms. The highest BCUT2D eigenvalue weighted by atomic mass is 32.1. The molecule has 0 spiro atoms. The van der Waals surface area contributed by atoms with Crippen LogP contribution in [0, 0.1) is 0 Å². The number of morpholine rings is 1. The van der Waals surface area contributed by atoms with Gasteiger partial charge in [-0.15, -0.1) is 11.3 Å². The molecule has 0 radical (unpaired) electrons. The summed E-state index contributed by atoms with van der Waals surface area (Å²) < 4.78 is 5.43. The number of hydrogen-bond donors (Lipinski definition) is 0. The van der Waals surface area contributed by atoms with Crippen molar-refractivity contribution in [2.45, 2.75) is 58.3 Å². The Kier molecular flexibility index (Phi) is 8.10. The van der Waals surface area contributed by atoms with Gasteiger partial charge >= 0.3 is 0 Å². The third-order valence-electron chi connectivity index (χ3n) is 5.47. The minimum atomic E-state index is -0.128. The lowest BCUT2D eigenvalue weighted by molar-refractivity contribution is -0.137. The van der Waals surface area contributed by atoms with Gasteiger partial charge in [0, 0.05) is 24.5 Å². The van der Waals surface area contributed by atoms with Gasteiger partial charge in [0.1, 0.15) is 5.70 Å². The third-order valence-corrected chi connectivity index (χ3v) is 6.36. The van der Waals surface area contributed by atoms with Crippen LogP contribution < -0.4 is 0 Å². The standard InChI is InChI=1S/C22H32N2O3S/c1-2-3-4-5-6-7-8-9-12-24-21(25)19(18-11-10-17-28-18)20(22(24)26)23-13-15-27-16-14-23/h10-11,17H,2-9,12-16H2,1H3. The molecule has 6 heteroatoms. The number of amides is 2. The monoisotopic (exact) mass is 404 g/mol. The molecule has 1 saturated heterocycles. The van der Waals surface area contributed by atoms with Gasteiger partial charge in [0.15, 0.2) is 0 Å². The van der Waals surface area contributed by atoms with Crippen LogP contribution in [0.5, 0.6) is 0 Å². The van der Waals surface area contributed by atoms with Gasteiger partial charge in [-0.25, -0.2) is 0 Å². The fourth-order valence-corrected chi connectivity index (χ4v) is 4.66. The van der Waals surface area contributed by atoms with E-state index in [-0.39, 0.29) is 11.8 Å². The SMILES string of the molecule is CCCCCCCCCCN1C(=O)C(c2cccs2)=C(N2CCOCC2)C1=O. The van der Waals surface area contributed by atoms with E-state index in [2.05, 4.69) is 6.92 Å². The minimum absolute atomic E-state index is 0.127. The number of thiophene rings is 1. The van der Waals surface area contributed by atoms with Gasteiger partial charge in [-0.3, -0.25) is 14.5 Å². The third kappa shape index (κ3) is 5.03. The summed E-state index contributed by atoms with van der Waals surface area (Å²) in [6.45, 7) is 5.27. The Hall–Kier alpha value is -1.66. The molecular formula is C22H32N2O3S. The van der Waals surface area contributed by atoms with Gasteiger partial charge in [-0.1, -0.05) is 57.9 Å². The molecule has 0 unspecified atom stereocenters. The zero-order valence-corrected chi connectivity index (χ0v) is 17.8.